The molecule has 0 aliphatic rings. The van der Waals surface area contributed by atoms with Crippen LogP contribution in [0.3, 0.4) is 0 Å². The van der Waals surface area contributed by atoms with Gasteiger partial charge in [-0.25, -0.2) is 38.8 Å². The molecule has 0 amide bonds. The second-order valence-corrected chi connectivity index (χ2v) is 10.2. The standard InChI is InChI=1S/C14H13FNO6S2.C6H6S.C2H5F.2CH2F2.CH3F.3Li.H2O3S.Y/c1-3-5-6-7-8-9-10-11-14(4-2,24(19,20)21)16-23(17,18)13-22-12-15;1-5-3-7-4-6(5)2;1-2-3;2*2-1-3;1-2;;;;1-4(2)3;/h4,12-13H2,1-2H3,(H,19,20,21);3-4H,1-2H2;2H2,1H3;2*1H2;1H3;;;;(H2,1,2,3);/q-1;-2;;;;;3*+1;;/p-3. The molecule has 1 radical (unpaired) electrons. The van der Waals surface area contributed by atoms with Gasteiger partial charge in [0.15, 0.2) is 6.86 Å². The molecule has 1 heterocycles. The van der Waals surface area contributed by atoms with Crippen LogP contribution in [0.2, 0.25) is 0 Å². The largest absolute Gasteiger partial charge is 1.00 e. The van der Waals surface area contributed by atoms with E-state index in [4.69, 9.17) is 13.3 Å². The fourth-order valence-corrected chi connectivity index (χ4v) is 4.40. The molecular weight excluding hydrogens is 829 g/mol. The molecule has 0 aliphatic carbocycles. The van der Waals surface area contributed by atoms with E-state index < -0.39 is 69.5 Å². The topological polar surface area (TPSA) is 178 Å². The molecule has 1 aromatic heterocycles. The van der Waals surface area contributed by atoms with Crippen LogP contribution in [0.25, 0.3) is 4.72 Å². The van der Waals surface area contributed by atoms with Gasteiger partial charge >= 0.3 is 56.6 Å². The minimum absolute atomic E-state index is 0. The van der Waals surface area contributed by atoms with Gasteiger partial charge in [0.25, 0.3) is 0 Å². The quantitative estimate of drug-likeness (QED) is 0.0656. The number of sulfonamides is 1. The summed E-state index contributed by atoms with van der Waals surface area (Å²) in [6.07, 6.45) is -0.560. The minimum atomic E-state index is -5.28. The van der Waals surface area contributed by atoms with E-state index in [1.807, 2.05) is 22.6 Å². The molecule has 1 unspecified atom stereocenters. The number of halogens is 7. The van der Waals surface area contributed by atoms with Crippen molar-refractivity contribution in [2.24, 2.45) is 0 Å². The van der Waals surface area contributed by atoms with Crippen LogP contribution in [0, 0.1) is 61.2 Å². The van der Waals surface area contributed by atoms with Crippen molar-refractivity contribution in [3.8, 4) is 47.4 Å². The van der Waals surface area contributed by atoms with Crippen molar-refractivity contribution in [2.75, 3.05) is 40.5 Å². The van der Waals surface area contributed by atoms with Gasteiger partial charge in [0.2, 0.25) is 13.9 Å². The molecule has 0 spiro atoms. The second-order valence-electron chi connectivity index (χ2n) is 5.92. The van der Waals surface area contributed by atoms with Crippen molar-refractivity contribution < 1.29 is 159 Å². The summed E-state index contributed by atoms with van der Waals surface area (Å²) >= 11 is -1.47. The Morgan fingerprint density at radius 3 is 1.42 bits per heavy atom. The maximum atomic E-state index is 11.9. The number of hydrogen-bond donors (Lipinski definition) is 0. The summed E-state index contributed by atoms with van der Waals surface area (Å²) < 4.78 is 160. The molecule has 1 rings (SSSR count). The molecule has 0 fully saturated rings. The predicted molar refractivity (Wildman–Crippen MR) is 159 cm³/mol. The van der Waals surface area contributed by atoms with Crippen molar-refractivity contribution >= 4 is 42.8 Å². The summed E-state index contributed by atoms with van der Waals surface area (Å²) in [5.74, 6) is 16.6. The average molecular weight is 859 g/mol. The number of ether oxygens (including phenoxy) is 1. The zero-order chi connectivity index (χ0) is 37.7. The first-order valence-electron chi connectivity index (χ1n) is 11.1. The van der Waals surface area contributed by atoms with E-state index in [0.717, 1.165) is 11.1 Å². The second kappa shape index (κ2) is 53.3. The Balaban J connectivity index is -0.0000000631. The molecule has 0 saturated carbocycles. The molecule has 0 bridgehead atoms. The first-order valence-corrected chi connectivity index (χ1v) is 16.0. The van der Waals surface area contributed by atoms with E-state index in [1.165, 1.54) is 13.8 Å². The molecule has 50 heavy (non-hydrogen) atoms. The van der Waals surface area contributed by atoms with Crippen LogP contribution in [0.5, 0.6) is 0 Å². The molecule has 0 saturated heterocycles. The Hall–Kier alpha value is -0.0639. The third kappa shape index (κ3) is 57.3. The zero-order valence-electron chi connectivity index (χ0n) is 28.3. The number of rotatable bonds is 7. The molecule has 1 aromatic rings. The number of nitrogens with zero attached hydrogens (tertiary/aromatic N) is 1. The van der Waals surface area contributed by atoms with Crippen LogP contribution < -0.4 is 56.6 Å². The Bertz CT molecular complexity index is 1360. The van der Waals surface area contributed by atoms with Gasteiger partial charge in [-0.2, -0.15) is 10.8 Å². The van der Waals surface area contributed by atoms with Crippen LogP contribution in [0.1, 0.15) is 38.3 Å². The molecular formula is C25H30F7Li3NO9S4Y-3. The van der Waals surface area contributed by atoms with Gasteiger partial charge in [-0.05, 0) is 55.8 Å². The minimum Gasteiger partial charge on any atom is -0.784 e. The summed E-state index contributed by atoms with van der Waals surface area (Å²) in [5, 5.41) is 3.98. The van der Waals surface area contributed by atoms with E-state index in [1.54, 1.807) is 18.3 Å². The van der Waals surface area contributed by atoms with Crippen molar-refractivity contribution in [3.63, 3.8) is 0 Å². The summed E-state index contributed by atoms with van der Waals surface area (Å²) in [7, 11) is -9.35. The Labute approximate surface area is 359 Å². The van der Waals surface area contributed by atoms with Crippen LogP contribution in [0.15, 0.2) is 10.8 Å². The van der Waals surface area contributed by atoms with Crippen molar-refractivity contribution in [3.05, 3.63) is 40.5 Å². The third-order valence-corrected chi connectivity index (χ3v) is 6.34. The van der Waals surface area contributed by atoms with Crippen LogP contribution >= 0.6 is 11.3 Å². The maximum absolute atomic E-state index is 11.9. The first-order chi connectivity index (χ1) is 21.4. The van der Waals surface area contributed by atoms with Crippen LogP contribution in [-0.4, -0.2) is 80.1 Å². The van der Waals surface area contributed by atoms with E-state index in [2.05, 4.69) is 58.8 Å². The Kier molecular flexibility index (Phi) is 79.9. The van der Waals surface area contributed by atoms with E-state index in [0.29, 0.717) is 7.18 Å². The van der Waals surface area contributed by atoms with E-state index in [9.17, 15) is 52.1 Å². The molecule has 0 aromatic carbocycles. The Morgan fingerprint density at radius 2 is 1.18 bits per heavy atom. The zero-order valence-corrected chi connectivity index (χ0v) is 34.4. The summed E-state index contributed by atoms with van der Waals surface area (Å²) in [4.78, 5) is -2.78. The summed E-state index contributed by atoms with van der Waals surface area (Å²) in [5.41, 5.74) is 2.09. The molecule has 1 atom stereocenters. The normalized spacial score (nSPS) is 9.26. The fraction of sp³-hybridized carbons (Fsp3) is 0.440. The van der Waals surface area contributed by atoms with E-state index in [-0.39, 0.29) is 96.0 Å². The van der Waals surface area contributed by atoms with Gasteiger partial charge in [0.05, 0.1) is 34.0 Å². The van der Waals surface area contributed by atoms with Gasteiger partial charge in [-0.3, -0.25) is 38.0 Å². The number of alkyl halides is 7. The van der Waals surface area contributed by atoms with Crippen molar-refractivity contribution in [1.82, 2.24) is 0 Å². The van der Waals surface area contributed by atoms with Crippen molar-refractivity contribution in [2.45, 2.75) is 32.1 Å². The molecule has 25 heteroatoms. The molecule has 0 aliphatic heterocycles. The smallest absolute Gasteiger partial charge is 0.784 e. The Morgan fingerprint density at radius 1 is 0.860 bits per heavy atom. The van der Waals surface area contributed by atoms with Gasteiger partial charge in [0, 0.05) is 37.6 Å². The number of thiophene rings is 1. The number of hydrogen-bond acceptors (Lipinski definition) is 10. The SMILES string of the molecule is CC#CC#CC#CC#CC(CC)([N-]S(=O)(=O)COCF)S(=O)(=O)[O-].CCF.CF.FCF.FCF.O=S([O-])[O-].[CH2-]c1cscc1[CH2-].[Li+].[Li+].[Li+].[Y]. The summed E-state index contributed by atoms with van der Waals surface area (Å²) in [6, 6.07) is 0. The van der Waals surface area contributed by atoms with Gasteiger partial charge in [-0.15, -0.1) is 11.4 Å². The van der Waals surface area contributed by atoms with E-state index >= 15 is 0 Å². The average Bonchev–Trinajstić information content (AvgIpc) is 3.34. The predicted octanol–water partition coefficient (Wildman–Crippen LogP) is -4.28. The van der Waals surface area contributed by atoms with Crippen LogP contribution in [-0.2, 0) is 68.9 Å². The van der Waals surface area contributed by atoms with Crippen LogP contribution in [0.4, 0.5) is 30.7 Å². The van der Waals surface area contributed by atoms with Gasteiger partial charge in [0.1, 0.15) is 5.94 Å². The van der Waals surface area contributed by atoms with Gasteiger partial charge < -0.3 is 34.5 Å². The van der Waals surface area contributed by atoms with Crippen molar-refractivity contribution in [1.29, 1.82) is 0 Å². The first kappa shape index (κ1) is 75.0. The fourth-order valence-electron chi connectivity index (χ4n) is 1.51. The molecule has 0 N–H and O–H groups in total. The maximum Gasteiger partial charge on any atom is 1.00 e. The molecule has 10 nitrogen and oxygen atoms in total. The molecule has 271 valence electrons. The monoisotopic (exact) mass is 859 g/mol. The third-order valence-electron chi connectivity index (χ3n) is 3.02. The summed E-state index contributed by atoms with van der Waals surface area (Å²) in [6.45, 7) is 6.50. The van der Waals surface area contributed by atoms with Gasteiger partial charge in [-0.1, -0.05) is 18.8 Å².